The first-order valence-corrected chi connectivity index (χ1v) is 11.3. The van der Waals surface area contributed by atoms with Crippen LogP contribution in [-0.2, 0) is 16.6 Å². The molecular weight excluding hydrogens is 422 g/mol. The lowest BCUT2D eigenvalue weighted by atomic mass is 9.53. The number of esters is 2. The Bertz CT molecular complexity index is 1210. The summed E-state index contributed by atoms with van der Waals surface area (Å²) in [5.41, 5.74) is 2.09. The summed E-state index contributed by atoms with van der Waals surface area (Å²) >= 11 is 0. The average molecular weight is 447 g/mol. The summed E-state index contributed by atoms with van der Waals surface area (Å²) in [4.78, 5) is 26.9. The van der Waals surface area contributed by atoms with Crippen molar-refractivity contribution in [2.24, 2.45) is 5.92 Å². The van der Waals surface area contributed by atoms with Crippen molar-refractivity contribution in [3.63, 3.8) is 0 Å². The Hall–Kier alpha value is -3.16. The van der Waals surface area contributed by atoms with Crippen LogP contribution in [0, 0.1) is 5.92 Å². The van der Waals surface area contributed by atoms with E-state index in [9.17, 15) is 14.7 Å². The van der Waals surface area contributed by atoms with Gasteiger partial charge in [0.25, 0.3) is 0 Å². The zero-order chi connectivity index (χ0) is 22.9. The first-order valence-electron chi connectivity index (χ1n) is 11.3. The zero-order valence-corrected chi connectivity index (χ0v) is 18.5. The second-order valence-electron chi connectivity index (χ2n) is 9.39. The second-order valence-corrected chi connectivity index (χ2v) is 9.39. The summed E-state index contributed by atoms with van der Waals surface area (Å²) in [5, 5.41) is 10.8. The molecule has 5 atom stereocenters. The van der Waals surface area contributed by atoms with Crippen LogP contribution in [0.5, 0.6) is 17.2 Å². The van der Waals surface area contributed by atoms with Gasteiger partial charge in [0, 0.05) is 29.9 Å². The normalized spacial score (nSPS) is 30.9. The van der Waals surface area contributed by atoms with Crippen LogP contribution in [0.4, 0.5) is 0 Å². The Balaban J connectivity index is 1.42. The molecule has 1 fully saturated rings. The number of carbonyl (C=O) groups excluding carboxylic acids is 2. The van der Waals surface area contributed by atoms with Crippen molar-refractivity contribution >= 4 is 11.9 Å². The maximum atomic E-state index is 13.1. The average Bonchev–Trinajstić information content (AvgIpc) is 3.14. The van der Waals surface area contributed by atoms with Crippen molar-refractivity contribution in [3.05, 3.63) is 65.2 Å². The molecule has 2 aliphatic heterocycles. The fourth-order valence-electron chi connectivity index (χ4n) is 6.34. The number of para-hydroxylation sites is 1. The molecule has 33 heavy (non-hydrogen) atoms. The Morgan fingerprint density at radius 3 is 2.76 bits per heavy atom. The molecule has 7 heteroatoms. The van der Waals surface area contributed by atoms with Gasteiger partial charge in [0.1, 0.15) is 23.5 Å². The van der Waals surface area contributed by atoms with Gasteiger partial charge in [-0.05, 0) is 50.2 Å². The minimum absolute atomic E-state index is 0.149. The lowest BCUT2D eigenvalue weighted by Gasteiger charge is -2.56. The highest BCUT2D eigenvalue weighted by Crippen LogP contribution is 2.62. The minimum Gasteiger partial charge on any atom is -0.482 e. The number of aliphatic hydroxyl groups excluding tert-OH is 1. The van der Waals surface area contributed by atoms with E-state index < -0.39 is 24.1 Å². The van der Waals surface area contributed by atoms with Gasteiger partial charge in [-0.3, -0.25) is 4.79 Å². The van der Waals surface area contributed by atoms with Gasteiger partial charge in [-0.2, -0.15) is 0 Å². The van der Waals surface area contributed by atoms with Crippen LogP contribution in [0.3, 0.4) is 0 Å². The van der Waals surface area contributed by atoms with Gasteiger partial charge in [-0.15, -0.1) is 0 Å². The van der Waals surface area contributed by atoms with E-state index in [2.05, 4.69) is 18.0 Å². The third-order valence-corrected chi connectivity index (χ3v) is 7.70. The van der Waals surface area contributed by atoms with Crippen molar-refractivity contribution in [3.8, 4) is 17.2 Å². The maximum Gasteiger partial charge on any atom is 0.347 e. The van der Waals surface area contributed by atoms with Crippen LogP contribution in [0.15, 0.2) is 48.6 Å². The summed E-state index contributed by atoms with van der Waals surface area (Å²) in [5.74, 6) is 0.101. The fourth-order valence-corrected chi connectivity index (χ4v) is 6.34. The Labute approximate surface area is 191 Å². The molecule has 0 radical (unpaired) electrons. The Kier molecular flexibility index (Phi) is 4.44. The van der Waals surface area contributed by atoms with Crippen molar-refractivity contribution in [1.82, 2.24) is 4.90 Å². The van der Waals surface area contributed by atoms with Crippen molar-refractivity contribution in [2.75, 3.05) is 13.6 Å². The molecule has 0 amide bonds. The second kappa shape index (κ2) is 7.17. The quantitative estimate of drug-likeness (QED) is 0.440. The maximum absolute atomic E-state index is 13.1. The topological polar surface area (TPSA) is 85.3 Å². The molecule has 2 heterocycles. The first-order chi connectivity index (χ1) is 15.9. The predicted octanol–water partition coefficient (Wildman–Crippen LogP) is 2.64. The van der Waals surface area contributed by atoms with E-state index in [1.54, 1.807) is 30.3 Å². The highest BCUT2D eigenvalue weighted by Gasteiger charge is 2.64. The monoisotopic (exact) mass is 447 g/mol. The van der Waals surface area contributed by atoms with E-state index in [0.29, 0.717) is 17.5 Å². The summed E-state index contributed by atoms with van der Waals surface area (Å²) in [6.45, 7) is 2.20. The molecule has 2 aliphatic carbocycles. The van der Waals surface area contributed by atoms with Crippen molar-refractivity contribution < 1.29 is 28.9 Å². The molecular formula is C26H25NO6. The largest absolute Gasteiger partial charge is 0.482 e. The Morgan fingerprint density at radius 1 is 1.12 bits per heavy atom. The number of carbonyl (C=O) groups is 2. The van der Waals surface area contributed by atoms with Crippen LogP contribution >= 0.6 is 0 Å². The number of likely N-dealkylation sites (tertiary alicyclic amines) is 1. The van der Waals surface area contributed by atoms with Gasteiger partial charge in [0.15, 0.2) is 11.5 Å². The van der Waals surface area contributed by atoms with Crippen LogP contribution < -0.4 is 14.2 Å². The van der Waals surface area contributed by atoms with E-state index in [4.69, 9.17) is 14.2 Å². The number of hydrogen-bond donors (Lipinski definition) is 1. The molecule has 2 aromatic carbocycles. The molecule has 6 rings (SSSR count). The van der Waals surface area contributed by atoms with Crippen LogP contribution in [0.25, 0.3) is 0 Å². The third kappa shape index (κ3) is 2.82. The number of ether oxygens (including phenoxy) is 3. The molecule has 0 unspecified atom stereocenters. The highest BCUT2D eigenvalue weighted by atomic mass is 16.6. The van der Waals surface area contributed by atoms with Crippen LogP contribution in [0.1, 0.15) is 34.8 Å². The summed E-state index contributed by atoms with van der Waals surface area (Å²) in [7, 11) is 2.16. The van der Waals surface area contributed by atoms with Gasteiger partial charge in [-0.1, -0.05) is 30.4 Å². The van der Waals surface area contributed by atoms with Crippen LogP contribution in [0.2, 0.25) is 0 Å². The molecule has 0 aromatic heterocycles. The van der Waals surface area contributed by atoms with E-state index >= 15 is 0 Å². The molecule has 4 aliphatic rings. The minimum atomic E-state index is -0.725. The Morgan fingerprint density at radius 2 is 1.94 bits per heavy atom. The lowest BCUT2D eigenvalue weighted by molar-refractivity contribution is -0.131. The molecule has 2 bridgehead atoms. The number of likely N-dealkylation sites (N-methyl/N-ethyl adjacent to an activating group) is 1. The molecule has 1 saturated heterocycles. The number of piperidine rings is 1. The zero-order valence-electron chi connectivity index (χ0n) is 18.5. The van der Waals surface area contributed by atoms with E-state index in [0.717, 1.165) is 24.9 Å². The van der Waals surface area contributed by atoms with Gasteiger partial charge < -0.3 is 24.2 Å². The van der Waals surface area contributed by atoms with E-state index in [-0.39, 0.29) is 22.6 Å². The van der Waals surface area contributed by atoms with Crippen molar-refractivity contribution in [1.29, 1.82) is 0 Å². The number of aliphatic hydroxyl groups is 1. The number of rotatable bonds is 3. The van der Waals surface area contributed by atoms with Gasteiger partial charge in [0.05, 0.1) is 0 Å². The van der Waals surface area contributed by atoms with Gasteiger partial charge in [0.2, 0.25) is 0 Å². The molecule has 170 valence electrons. The molecule has 0 saturated carbocycles. The van der Waals surface area contributed by atoms with E-state index in [1.165, 1.54) is 12.5 Å². The molecule has 2 aromatic rings. The third-order valence-electron chi connectivity index (χ3n) is 7.70. The molecule has 1 spiro atoms. The smallest absolute Gasteiger partial charge is 0.347 e. The van der Waals surface area contributed by atoms with Gasteiger partial charge >= 0.3 is 11.9 Å². The van der Waals surface area contributed by atoms with Crippen LogP contribution in [-0.4, -0.2) is 53.8 Å². The highest BCUT2D eigenvalue weighted by molar-refractivity contribution is 5.95. The standard InChI is InChI=1S/C26H25NO6/c1-14(28)31-20-6-4-3-5-16(20)25(30)32-21-10-7-15-13-18-17-8-9-19(29)24-26(17,11-12-27(18)2)22(15)23(21)33-24/h3-10,17-19,24,29H,11-13H2,1-2H3/t17-,18+,19-,24-,26-/m0/s1. The number of hydrogen-bond acceptors (Lipinski definition) is 7. The lowest BCUT2D eigenvalue weighted by Crippen LogP contribution is -2.64. The summed E-state index contributed by atoms with van der Waals surface area (Å²) < 4.78 is 17.4. The SMILES string of the molecule is CC(=O)Oc1ccccc1C(=O)Oc1ccc2c3c1O[C@H]1[C@@H](O)C=C[C@H]4[C@@H](C2)N(C)CC[C@@]341. The first kappa shape index (κ1) is 20.4. The number of nitrogens with zero attached hydrogens (tertiary/aromatic N) is 1. The fraction of sp³-hybridized carbons (Fsp3) is 0.385. The summed E-state index contributed by atoms with van der Waals surface area (Å²) in [6, 6.07) is 10.6. The molecule has 7 nitrogen and oxygen atoms in total. The van der Waals surface area contributed by atoms with Gasteiger partial charge in [-0.25, -0.2) is 4.79 Å². The predicted molar refractivity (Wildman–Crippen MR) is 119 cm³/mol. The van der Waals surface area contributed by atoms with Crippen molar-refractivity contribution in [2.45, 2.75) is 43.4 Å². The van der Waals surface area contributed by atoms with E-state index in [1.807, 2.05) is 12.1 Å². The number of benzene rings is 2. The molecule has 1 N–H and O–H groups in total. The summed E-state index contributed by atoms with van der Waals surface area (Å²) in [6.07, 6.45) is 4.60.